The van der Waals surface area contributed by atoms with E-state index >= 15 is 0 Å². The van der Waals surface area contributed by atoms with Crippen LogP contribution in [0.15, 0.2) is 47.8 Å². The van der Waals surface area contributed by atoms with Crippen molar-refractivity contribution in [2.24, 2.45) is 0 Å². The smallest absolute Gasteiger partial charge is 0.119 e. The zero-order valence-electron chi connectivity index (χ0n) is 11.8. The fourth-order valence-electron chi connectivity index (χ4n) is 2.91. The first-order valence-electron chi connectivity index (χ1n) is 6.76. The Morgan fingerprint density at radius 2 is 1.24 bits per heavy atom. The summed E-state index contributed by atoms with van der Waals surface area (Å²) in [5.41, 5.74) is 0. The van der Waals surface area contributed by atoms with Crippen molar-refractivity contribution >= 4 is 43.0 Å². The minimum absolute atomic E-state index is 0.876. The van der Waals surface area contributed by atoms with Crippen LogP contribution in [0.5, 0.6) is 11.5 Å². The molecule has 1 aromatic heterocycles. The number of hydrogen-bond donors (Lipinski definition) is 0. The van der Waals surface area contributed by atoms with Crippen molar-refractivity contribution in [3.8, 4) is 11.5 Å². The maximum Gasteiger partial charge on any atom is 0.119 e. The Hall–Kier alpha value is -2.26. The van der Waals surface area contributed by atoms with Crippen LogP contribution in [0.2, 0.25) is 0 Å². The van der Waals surface area contributed by atoms with Gasteiger partial charge in [0.05, 0.1) is 14.2 Å². The second-order valence-corrected chi connectivity index (χ2v) is 5.90. The Labute approximate surface area is 126 Å². The molecular formula is C18H14O2S. The molecule has 0 saturated heterocycles. The molecule has 21 heavy (non-hydrogen) atoms. The molecule has 0 spiro atoms. The Kier molecular flexibility index (Phi) is 2.76. The van der Waals surface area contributed by atoms with Gasteiger partial charge in [-0.2, -0.15) is 0 Å². The van der Waals surface area contributed by atoms with E-state index in [1.54, 1.807) is 25.6 Å². The first-order valence-corrected chi connectivity index (χ1v) is 7.64. The standard InChI is InChI=1S/C18H14O2S/c1-19-11-3-5-13-15-7-8-21-18(15)14-6-4-12(20-2)10-17(14)16(13)9-11/h3-10H,1-2H3. The quantitative estimate of drug-likeness (QED) is 0.472. The molecule has 0 aliphatic rings. The van der Waals surface area contributed by atoms with Crippen molar-refractivity contribution < 1.29 is 9.47 Å². The third-order valence-electron chi connectivity index (χ3n) is 3.94. The van der Waals surface area contributed by atoms with E-state index in [9.17, 15) is 0 Å². The lowest BCUT2D eigenvalue weighted by atomic mass is 9.98. The lowest BCUT2D eigenvalue weighted by molar-refractivity contribution is 0.415. The predicted molar refractivity (Wildman–Crippen MR) is 89.9 cm³/mol. The van der Waals surface area contributed by atoms with E-state index in [0.29, 0.717) is 0 Å². The Balaban J connectivity index is 2.28. The minimum Gasteiger partial charge on any atom is -0.497 e. The van der Waals surface area contributed by atoms with Gasteiger partial charge in [0.1, 0.15) is 11.5 Å². The molecule has 0 amide bonds. The number of methoxy groups -OCH3 is 2. The van der Waals surface area contributed by atoms with E-state index in [-0.39, 0.29) is 0 Å². The van der Waals surface area contributed by atoms with E-state index < -0.39 is 0 Å². The van der Waals surface area contributed by atoms with Gasteiger partial charge >= 0.3 is 0 Å². The number of fused-ring (bicyclic) bond motifs is 6. The number of rotatable bonds is 2. The summed E-state index contributed by atoms with van der Waals surface area (Å²) < 4.78 is 12.1. The Bertz CT molecular complexity index is 891. The van der Waals surface area contributed by atoms with E-state index in [0.717, 1.165) is 11.5 Å². The van der Waals surface area contributed by atoms with Crippen molar-refractivity contribution in [2.45, 2.75) is 0 Å². The van der Waals surface area contributed by atoms with Gasteiger partial charge in [0, 0.05) is 15.5 Å². The number of thiophene rings is 1. The number of hydrogen-bond acceptors (Lipinski definition) is 3. The van der Waals surface area contributed by atoms with Gasteiger partial charge in [0.15, 0.2) is 0 Å². The molecule has 4 aromatic rings. The molecule has 3 heteroatoms. The third-order valence-corrected chi connectivity index (χ3v) is 4.89. The molecule has 0 atom stereocenters. The van der Waals surface area contributed by atoms with E-state index in [4.69, 9.17) is 9.47 Å². The molecule has 0 fully saturated rings. The van der Waals surface area contributed by atoms with Gasteiger partial charge in [-0.05, 0) is 57.9 Å². The van der Waals surface area contributed by atoms with Gasteiger partial charge in [-0.15, -0.1) is 11.3 Å². The zero-order valence-corrected chi connectivity index (χ0v) is 12.7. The second kappa shape index (κ2) is 4.64. The maximum atomic E-state index is 5.39. The van der Waals surface area contributed by atoms with Crippen molar-refractivity contribution in [3.05, 3.63) is 47.8 Å². The van der Waals surface area contributed by atoms with Gasteiger partial charge in [0.25, 0.3) is 0 Å². The molecule has 0 unspecified atom stereocenters. The lowest BCUT2D eigenvalue weighted by Crippen LogP contribution is -1.86. The van der Waals surface area contributed by atoms with Gasteiger partial charge < -0.3 is 9.47 Å². The van der Waals surface area contributed by atoms with Crippen LogP contribution in [0.4, 0.5) is 0 Å². The molecule has 1 heterocycles. The summed E-state index contributed by atoms with van der Waals surface area (Å²) >= 11 is 1.78. The second-order valence-electron chi connectivity index (χ2n) is 4.99. The predicted octanol–water partition coefficient (Wildman–Crippen LogP) is 5.22. The maximum absolute atomic E-state index is 5.39. The summed E-state index contributed by atoms with van der Waals surface area (Å²) in [7, 11) is 3.40. The first kappa shape index (κ1) is 12.5. The topological polar surface area (TPSA) is 18.5 Å². The monoisotopic (exact) mass is 294 g/mol. The first-order chi connectivity index (χ1) is 10.3. The molecule has 0 bridgehead atoms. The molecule has 0 aliphatic heterocycles. The van der Waals surface area contributed by atoms with E-state index in [1.807, 2.05) is 12.1 Å². The molecule has 0 aliphatic carbocycles. The molecule has 0 radical (unpaired) electrons. The van der Waals surface area contributed by atoms with Crippen LogP contribution in [0.3, 0.4) is 0 Å². The van der Waals surface area contributed by atoms with E-state index in [2.05, 4.69) is 35.7 Å². The Morgan fingerprint density at radius 1 is 0.667 bits per heavy atom. The Morgan fingerprint density at radius 3 is 1.90 bits per heavy atom. The highest BCUT2D eigenvalue weighted by Gasteiger charge is 2.11. The van der Waals surface area contributed by atoms with Crippen LogP contribution in [0, 0.1) is 0 Å². The van der Waals surface area contributed by atoms with Gasteiger partial charge in [0.2, 0.25) is 0 Å². The van der Waals surface area contributed by atoms with Gasteiger partial charge in [-0.25, -0.2) is 0 Å². The fraction of sp³-hybridized carbons (Fsp3) is 0.111. The van der Waals surface area contributed by atoms with Crippen LogP contribution in [-0.4, -0.2) is 14.2 Å². The van der Waals surface area contributed by atoms with Crippen molar-refractivity contribution in [1.82, 2.24) is 0 Å². The van der Waals surface area contributed by atoms with Gasteiger partial charge in [-0.3, -0.25) is 0 Å². The van der Waals surface area contributed by atoms with Crippen LogP contribution >= 0.6 is 11.3 Å². The molecule has 104 valence electrons. The van der Waals surface area contributed by atoms with Crippen LogP contribution in [0.25, 0.3) is 31.6 Å². The molecule has 2 nitrogen and oxygen atoms in total. The number of benzene rings is 3. The van der Waals surface area contributed by atoms with Crippen molar-refractivity contribution in [1.29, 1.82) is 0 Å². The molecule has 4 rings (SSSR count). The van der Waals surface area contributed by atoms with Crippen molar-refractivity contribution in [3.63, 3.8) is 0 Å². The average Bonchev–Trinajstić information content (AvgIpc) is 3.03. The summed E-state index contributed by atoms with van der Waals surface area (Å²) in [4.78, 5) is 0. The van der Waals surface area contributed by atoms with Gasteiger partial charge in [-0.1, -0.05) is 6.07 Å². The summed E-state index contributed by atoms with van der Waals surface area (Å²) in [5.74, 6) is 1.75. The number of ether oxygens (including phenoxy) is 2. The largest absolute Gasteiger partial charge is 0.497 e. The summed E-state index contributed by atoms with van der Waals surface area (Å²) in [6.45, 7) is 0. The molecular weight excluding hydrogens is 280 g/mol. The molecule has 0 saturated carbocycles. The SMILES string of the molecule is COc1ccc2c(c1)c1cc(OC)ccc1c1sccc21. The highest BCUT2D eigenvalue weighted by atomic mass is 32.1. The van der Waals surface area contributed by atoms with Crippen LogP contribution in [-0.2, 0) is 0 Å². The average molecular weight is 294 g/mol. The summed E-state index contributed by atoms with van der Waals surface area (Å²) in [5, 5.41) is 8.38. The summed E-state index contributed by atoms with van der Waals surface area (Å²) in [6, 6.07) is 14.7. The van der Waals surface area contributed by atoms with Crippen molar-refractivity contribution in [2.75, 3.05) is 14.2 Å². The molecule has 3 aromatic carbocycles. The fourth-order valence-corrected chi connectivity index (χ4v) is 3.86. The van der Waals surface area contributed by atoms with Crippen LogP contribution < -0.4 is 9.47 Å². The van der Waals surface area contributed by atoms with Crippen LogP contribution in [0.1, 0.15) is 0 Å². The highest BCUT2D eigenvalue weighted by Crippen LogP contribution is 2.40. The molecule has 0 N–H and O–H groups in total. The minimum atomic E-state index is 0.876. The summed E-state index contributed by atoms with van der Waals surface area (Å²) in [6.07, 6.45) is 0. The highest BCUT2D eigenvalue weighted by molar-refractivity contribution is 7.18. The van der Waals surface area contributed by atoms with E-state index in [1.165, 1.54) is 31.6 Å². The third kappa shape index (κ3) is 1.78. The normalized spacial score (nSPS) is 11.3. The zero-order chi connectivity index (χ0) is 14.4. The lowest BCUT2D eigenvalue weighted by Gasteiger charge is -2.10.